The lowest BCUT2D eigenvalue weighted by Crippen LogP contribution is -2.49. The Morgan fingerprint density at radius 1 is 1.39 bits per heavy atom. The predicted octanol–water partition coefficient (Wildman–Crippen LogP) is 0.509. The number of carbonyl (C=O) groups is 2. The minimum atomic E-state index is -0.729. The van der Waals surface area contributed by atoms with Crippen molar-refractivity contribution in [1.82, 2.24) is 10.6 Å². The number of carbonyl (C=O) groups excluding carboxylic acids is 2. The molecule has 0 radical (unpaired) electrons. The van der Waals surface area contributed by atoms with Crippen molar-refractivity contribution in [2.45, 2.75) is 24.9 Å². The summed E-state index contributed by atoms with van der Waals surface area (Å²) in [5.41, 5.74) is -0.729. The average molecular weight is 268 g/mol. The molecule has 0 atom stereocenters. The lowest BCUT2D eigenvalue weighted by molar-refractivity contribution is -0.122. The maximum atomic E-state index is 11.5. The largest absolute Gasteiger partial charge is 0.388 e. The number of aliphatic hydroxyl groups is 1. The molecular formula is C12H16N2O3S. The molecule has 1 heterocycles. The minimum Gasteiger partial charge on any atom is -0.388 e. The van der Waals surface area contributed by atoms with E-state index in [1.54, 1.807) is 17.5 Å². The molecule has 5 nitrogen and oxygen atoms in total. The number of hydrogen-bond acceptors (Lipinski definition) is 4. The Morgan fingerprint density at radius 3 is 2.72 bits per heavy atom. The van der Waals surface area contributed by atoms with E-state index in [2.05, 4.69) is 10.6 Å². The maximum absolute atomic E-state index is 11.5. The van der Waals surface area contributed by atoms with Crippen LogP contribution in [0.15, 0.2) is 17.5 Å². The third-order valence-corrected chi connectivity index (χ3v) is 3.92. The molecule has 18 heavy (non-hydrogen) atoms. The monoisotopic (exact) mass is 268 g/mol. The van der Waals surface area contributed by atoms with E-state index in [-0.39, 0.29) is 24.9 Å². The average Bonchev–Trinajstić information content (AvgIpc) is 2.84. The summed E-state index contributed by atoms with van der Waals surface area (Å²) in [7, 11) is 0. The van der Waals surface area contributed by atoms with Crippen LogP contribution in [0.5, 0.6) is 0 Å². The second kappa shape index (κ2) is 5.49. The van der Waals surface area contributed by atoms with Crippen LogP contribution in [0.1, 0.15) is 28.9 Å². The molecule has 1 aliphatic rings. The Balaban J connectivity index is 1.67. The van der Waals surface area contributed by atoms with Gasteiger partial charge in [-0.15, -0.1) is 11.3 Å². The van der Waals surface area contributed by atoms with E-state index >= 15 is 0 Å². The van der Waals surface area contributed by atoms with E-state index in [4.69, 9.17) is 0 Å². The van der Waals surface area contributed by atoms with E-state index in [1.165, 1.54) is 11.3 Å². The number of thiophene rings is 1. The molecule has 98 valence electrons. The molecule has 1 fully saturated rings. The zero-order valence-electron chi connectivity index (χ0n) is 9.94. The zero-order valence-corrected chi connectivity index (χ0v) is 10.8. The number of rotatable bonds is 5. The van der Waals surface area contributed by atoms with Gasteiger partial charge in [0.15, 0.2) is 0 Å². The number of amides is 2. The summed E-state index contributed by atoms with van der Waals surface area (Å²) in [6.45, 7) is 0.202. The summed E-state index contributed by atoms with van der Waals surface area (Å²) in [4.78, 5) is 23.6. The minimum absolute atomic E-state index is 0.0627. The topological polar surface area (TPSA) is 78.4 Å². The fourth-order valence-electron chi connectivity index (χ4n) is 1.74. The van der Waals surface area contributed by atoms with E-state index in [1.807, 2.05) is 0 Å². The first-order chi connectivity index (χ1) is 8.59. The Labute approximate surface area is 109 Å². The van der Waals surface area contributed by atoms with Gasteiger partial charge in [0.25, 0.3) is 5.91 Å². The van der Waals surface area contributed by atoms with Gasteiger partial charge in [-0.2, -0.15) is 0 Å². The SMILES string of the molecule is O=C(CNC(=O)c1cccs1)NCC1(O)CCC1. The second-order valence-electron chi connectivity index (χ2n) is 4.51. The molecular weight excluding hydrogens is 252 g/mol. The van der Waals surface area contributed by atoms with Crippen molar-refractivity contribution >= 4 is 23.2 Å². The Morgan fingerprint density at radius 2 is 2.17 bits per heavy atom. The molecule has 1 aliphatic carbocycles. The van der Waals surface area contributed by atoms with Crippen LogP contribution in [0.2, 0.25) is 0 Å². The van der Waals surface area contributed by atoms with Crippen LogP contribution >= 0.6 is 11.3 Å². The normalized spacial score (nSPS) is 16.7. The molecule has 3 N–H and O–H groups in total. The van der Waals surface area contributed by atoms with Gasteiger partial charge in [0.05, 0.1) is 17.0 Å². The lowest BCUT2D eigenvalue weighted by atomic mass is 9.80. The summed E-state index contributed by atoms with van der Waals surface area (Å²) in [6.07, 6.45) is 2.46. The molecule has 0 spiro atoms. The highest BCUT2D eigenvalue weighted by Gasteiger charge is 2.34. The molecule has 2 rings (SSSR count). The molecule has 1 aromatic heterocycles. The van der Waals surface area contributed by atoms with Gasteiger partial charge in [0, 0.05) is 6.54 Å². The summed E-state index contributed by atoms with van der Waals surface area (Å²) in [5, 5.41) is 16.8. The van der Waals surface area contributed by atoms with Gasteiger partial charge in [-0.05, 0) is 30.7 Å². The van der Waals surface area contributed by atoms with Gasteiger partial charge in [0.1, 0.15) is 0 Å². The Kier molecular flexibility index (Phi) is 3.98. The van der Waals surface area contributed by atoms with Crippen LogP contribution in [-0.2, 0) is 4.79 Å². The van der Waals surface area contributed by atoms with Crippen molar-refractivity contribution in [2.75, 3.05) is 13.1 Å². The molecule has 1 saturated carbocycles. The van der Waals surface area contributed by atoms with Crippen LogP contribution in [0.4, 0.5) is 0 Å². The second-order valence-corrected chi connectivity index (χ2v) is 5.46. The van der Waals surface area contributed by atoms with Crippen molar-refractivity contribution in [3.8, 4) is 0 Å². The van der Waals surface area contributed by atoms with Crippen LogP contribution in [0, 0.1) is 0 Å². The highest BCUT2D eigenvalue weighted by molar-refractivity contribution is 7.12. The first-order valence-corrected chi connectivity index (χ1v) is 6.78. The summed E-state index contributed by atoms with van der Waals surface area (Å²) < 4.78 is 0. The molecule has 0 saturated heterocycles. The van der Waals surface area contributed by atoms with E-state index < -0.39 is 5.60 Å². The lowest BCUT2D eigenvalue weighted by Gasteiger charge is -2.36. The summed E-state index contributed by atoms with van der Waals surface area (Å²) >= 11 is 1.33. The van der Waals surface area contributed by atoms with Crippen molar-refractivity contribution in [3.63, 3.8) is 0 Å². The van der Waals surface area contributed by atoms with Gasteiger partial charge < -0.3 is 15.7 Å². The van der Waals surface area contributed by atoms with E-state index in [9.17, 15) is 14.7 Å². The highest BCUT2D eigenvalue weighted by atomic mass is 32.1. The molecule has 0 unspecified atom stereocenters. The van der Waals surface area contributed by atoms with Crippen molar-refractivity contribution in [2.24, 2.45) is 0 Å². The smallest absolute Gasteiger partial charge is 0.261 e. The molecule has 0 bridgehead atoms. The van der Waals surface area contributed by atoms with Crippen molar-refractivity contribution in [1.29, 1.82) is 0 Å². The van der Waals surface area contributed by atoms with Crippen LogP contribution in [-0.4, -0.2) is 35.6 Å². The van der Waals surface area contributed by atoms with Gasteiger partial charge in [0.2, 0.25) is 5.91 Å². The molecule has 1 aromatic rings. The highest BCUT2D eigenvalue weighted by Crippen LogP contribution is 2.30. The first-order valence-electron chi connectivity index (χ1n) is 5.90. The van der Waals surface area contributed by atoms with Crippen LogP contribution in [0.25, 0.3) is 0 Å². The third kappa shape index (κ3) is 3.30. The van der Waals surface area contributed by atoms with Gasteiger partial charge in [-0.3, -0.25) is 9.59 Å². The van der Waals surface area contributed by atoms with Gasteiger partial charge in [-0.1, -0.05) is 6.07 Å². The molecule has 0 aromatic carbocycles. The molecule has 2 amide bonds. The standard InChI is InChI=1S/C12H16N2O3S/c15-10(14-8-12(17)4-2-5-12)7-13-11(16)9-3-1-6-18-9/h1,3,6,17H,2,4-5,7-8H2,(H,13,16)(H,14,15). The number of hydrogen-bond donors (Lipinski definition) is 3. The quantitative estimate of drug-likeness (QED) is 0.728. The van der Waals surface area contributed by atoms with Gasteiger partial charge >= 0.3 is 0 Å². The first kappa shape index (κ1) is 13.0. The van der Waals surface area contributed by atoms with Gasteiger partial charge in [-0.25, -0.2) is 0 Å². The van der Waals surface area contributed by atoms with E-state index in [0.717, 1.165) is 19.3 Å². The summed E-state index contributed by atoms with van der Waals surface area (Å²) in [6, 6.07) is 3.49. The fraction of sp³-hybridized carbons (Fsp3) is 0.500. The van der Waals surface area contributed by atoms with Crippen molar-refractivity contribution in [3.05, 3.63) is 22.4 Å². The maximum Gasteiger partial charge on any atom is 0.261 e. The Bertz CT molecular complexity index is 427. The zero-order chi connectivity index (χ0) is 13.0. The summed E-state index contributed by atoms with van der Waals surface area (Å²) in [5.74, 6) is -0.525. The fourth-order valence-corrected chi connectivity index (χ4v) is 2.38. The van der Waals surface area contributed by atoms with E-state index in [0.29, 0.717) is 4.88 Å². The third-order valence-electron chi connectivity index (χ3n) is 3.05. The van der Waals surface area contributed by atoms with Crippen LogP contribution in [0.3, 0.4) is 0 Å². The Hall–Kier alpha value is -1.40. The molecule has 6 heteroatoms. The predicted molar refractivity (Wildman–Crippen MR) is 68.5 cm³/mol. The number of nitrogens with one attached hydrogen (secondary N) is 2. The van der Waals surface area contributed by atoms with Crippen LogP contribution < -0.4 is 10.6 Å². The molecule has 0 aliphatic heterocycles. The van der Waals surface area contributed by atoms with Crippen molar-refractivity contribution < 1.29 is 14.7 Å².